The van der Waals surface area contributed by atoms with Gasteiger partial charge in [-0.2, -0.15) is 5.26 Å². The van der Waals surface area contributed by atoms with Gasteiger partial charge in [-0.05, 0) is 41.5 Å². The molecule has 1 N–H and O–H groups in total. The highest BCUT2D eigenvalue weighted by Gasteiger charge is 2.17. The molecule has 4 nitrogen and oxygen atoms in total. The molecule has 0 atom stereocenters. The van der Waals surface area contributed by atoms with Crippen LogP contribution in [0.5, 0.6) is 0 Å². The second-order valence-corrected chi connectivity index (χ2v) is 7.25. The number of rotatable bonds is 7. The van der Waals surface area contributed by atoms with E-state index in [1.165, 1.54) is 12.1 Å². The van der Waals surface area contributed by atoms with E-state index in [0.717, 1.165) is 22.0 Å². The van der Waals surface area contributed by atoms with Crippen LogP contribution in [-0.2, 0) is 13.1 Å². The maximum atomic E-state index is 13.7. The van der Waals surface area contributed by atoms with Crippen LogP contribution >= 0.6 is 0 Å². The fourth-order valence-electron chi connectivity index (χ4n) is 3.59. The summed E-state index contributed by atoms with van der Waals surface area (Å²) in [6, 6.07) is 23.5. The monoisotopic (exact) mass is 397 g/mol. The summed E-state index contributed by atoms with van der Waals surface area (Å²) in [6.07, 6.45) is 1.75. The van der Waals surface area contributed by atoms with Crippen molar-refractivity contribution in [3.05, 3.63) is 107 Å². The summed E-state index contributed by atoms with van der Waals surface area (Å²) in [5, 5.41) is 9.89. The van der Waals surface area contributed by atoms with E-state index in [4.69, 9.17) is 5.26 Å². The molecular weight excluding hydrogens is 377 g/mol. The minimum atomic E-state index is -0.297. The Morgan fingerprint density at radius 3 is 2.50 bits per heavy atom. The number of benzene rings is 3. The maximum Gasteiger partial charge on any atom is 0.178 e. The van der Waals surface area contributed by atoms with Gasteiger partial charge in [0.05, 0.1) is 18.2 Å². The second-order valence-electron chi connectivity index (χ2n) is 7.25. The van der Waals surface area contributed by atoms with Gasteiger partial charge in [-0.25, -0.2) is 4.39 Å². The molecule has 148 valence electrons. The van der Waals surface area contributed by atoms with Crippen LogP contribution in [0.3, 0.4) is 0 Å². The van der Waals surface area contributed by atoms with Gasteiger partial charge in [0.15, 0.2) is 5.78 Å². The smallest absolute Gasteiger partial charge is 0.178 e. The first-order chi connectivity index (χ1) is 14.6. The molecule has 3 aromatic carbocycles. The summed E-state index contributed by atoms with van der Waals surface area (Å²) in [4.78, 5) is 18.2. The average molecular weight is 397 g/mol. The molecule has 0 saturated heterocycles. The van der Waals surface area contributed by atoms with Crippen LogP contribution in [0.25, 0.3) is 10.9 Å². The zero-order chi connectivity index (χ0) is 20.9. The number of H-pyrrole nitrogens is 1. The van der Waals surface area contributed by atoms with Crippen molar-refractivity contribution in [2.45, 2.75) is 13.1 Å². The Bertz CT molecular complexity index is 1220. The molecule has 0 aliphatic rings. The van der Waals surface area contributed by atoms with Crippen molar-refractivity contribution in [1.82, 2.24) is 9.88 Å². The van der Waals surface area contributed by atoms with Gasteiger partial charge >= 0.3 is 0 Å². The van der Waals surface area contributed by atoms with Gasteiger partial charge in [0.1, 0.15) is 5.82 Å². The number of carbonyl (C=O) groups excluding carboxylic acids is 1. The van der Waals surface area contributed by atoms with Crippen molar-refractivity contribution >= 4 is 16.7 Å². The average Bonchev–Trinajstić information content (AvgIpc) is 3.18. The molecule has 30 heavy (non-hydrogen) atoms. The summed E-state index contributed by atoms with van der Waals surface area (Å²) in [6.45, 7) is 1.14. The Morgan fingerprint density at radius 2 is 1.73 bits per heavy atom. The molecule has 0 amide bonds. The number of hydrogen-bond acceptors (Lipinski definition) is 3. The first kappa shape index (κ1) is 19.6. The molecule has 0 aliphatic heterocycles. The molecule has 4 aromatic rings. The highest BCUT2D eigenvalue weighted by molar-refractivity contribution is 6.08. The zero-order valence-electron chi connectivity index (χ0n) is 16.3. The van der Waals surface area contributed by atoms with Gasteiger partial charge in [0.25, 0.3) is 0 Å². The standard InChI is InChI=1S/C25H20FN3O/c26-21-5-3-4-20(12-21)16-29(15-19-10-8-18(13-27)9-11-19)17-25(30)23-14-28-24-7-2-1-6-22(23)24/h1-12,14,28H,15-17H2. The van der Waals surface area contributed by atoms with E-state index in [1.807, 2.05) is 47.4 Å². The predicted molar refractivity (Wildman–Crippen MR) is 114 cm³/mol. The largest absolute Gasteiger partial charge is 0.360 e. The Hall–Kier alpha value is -3.75. The molecule has 5 heteroatoms. The predicted octanol–water partition coefficient (Wildman–Crippen LogP) is 5.06. The van der Waals surface area contributed by atoms with Crippen molar-refractivity contribution in [3.63, 3.8) is 0 Å². The van der Waals surface area contributed by atoms with Crippen molar-refractivity contribution in [2.24, 2.45) is 0 Å². The van der Waals surface area contributed by atoms with Crippen LogP contribution in [0, 0.1) is 17.1 Å². The van der Waals surface area contributed by atoms with Crippen LogP contribution in [0.4, 0.5) is 4.39 Å². The molecule has 0 aliphatic carbocycles. The van der Waals surface area contributed by atoms with E-state index in [0.29, 0.717) is 24.2 Å². The number of hydrogen-bond donors (Lipinski definition) is 1. The second kappa shape index (κ2) is 8.73. The number of ketones is 1. The van der Waals surface area contributed by atoms with Crippen LogP contribution in [-0.4, -0.2) is 22.2 Å². The van der Waals surface area contributed by atoms with E-state index >= 15 is 0 Å². The number of nitriles is 1. The Kier molecular flexibility index (Phi) is 5.69. The van der Waals surface area contributed by atoms with Gasteiger partial charge in [-0.15, -0.1) is 0 Å². The van der Waals surface area contributed by atoms with Crippen molar-refractivity contribution in [3.8, 4) is 6.07 Å². The first-order valence-electron chi connectivity index (χ1n) is 9.67. The van der Waals surface area contributed by atoms with Gasteiger partial charge in [0.2, 0.25) is 0 Å². The number of aromatic amines is 1. The first-order valence-corrected chi connectivity index (χ1v) is 9.67. The number of carbonyl (C=O) groups is 1. The third-order valence-electron chi connectivity index (χ3n) is 5.04. The number of Topliss-reactive ketones (excluding diaryl/α,β-unsaturated/α-hetero) is 1. The van der Waals surface area contributed by atoms with Gasteiger partial charge in [-0.3, -0.25) is 9.69 Å². The summed E-state index contributed by atoms with van der Waals surface area (Å²) < 4.78 is 13.7. The molecule has 0 saturated carbocycles. The molecule has 0 fully saturated rings. The molecule has 4 rings (SSSR count). The summed E-state index contributed by atoms with van der Waals surface area (Å²) in [7, 11) is 0. The van der Waals surface area contributed by atoms with Crippen molar-refractivity contribution in [1.29, 1.82) is 5.26 Å². The molecule has 0 bridgehead atoms. The fourth-order valence-corrected chi connectivity index (χ4v) is 3.59. The van der Waals surface area contributed by atoms with E-state index < -0.39 is 0 Å². The van der Waals surface area contributed by atoms with E-state index in [2.05, 4.69) is 11.1 Å². The lowest BCUT2D eigenvalue weighted by Gasteiger charge is -2.22. The SMILES string of the molecule is N#Cc1ccc(CN(CC(=O)c2c[nH]c3ccccc23)Cc2cccc(F)c2)cc1. The number of nitrogens with zero attached hydrogens (tertiary/aromatic N) is 2. The van der Waals surface area contributed by atoms with Crippen LogP contribution in [0.1, 0.15) is 27.0 Å². The van der Waals surface area contributed by atoms with Crippen LogP contribution < -0.4 is 0 Å². The Morgan fingerprint density at radius 1 is 0.967 bits per heavy atom. The topological polar surface area (TPSA) is 59.9 Å². The number of fused-ring (bicyclic) bond motifs is 1. The molecule has 0 radical (unpaired) electrons. The minimum absolute atomic E-state index is 0.00232. The summed E-state index contributed by atoms with van der Waals surface area (Å²) in [5.41, 5.74) is 3.94. The third-order valence-corrected chi connectivity index (χ3v) is 5.04. The molecule has 0 unspecified atom stereocenters. The number of para-hydroxylation sites is 1. The quantitative estimate of drug-likeness (QED) is 0.443. The Balaban J connectivity index is 1.58. The summed E-state index contributed by atoms with van der Waals surface area (Å²) >= 11 is 0. The molecular formula is C25H20FN3O. The highest BCUT2D eigenvalue weighted by Crippen LogP contribution is 2.20. The van der Waals surface area contributed by atoms with Crippen molar-refractivity contribution < 1.29 is 9.18 Å². The number of nitrogens with one attached hydrogen (secondary N) is 1. The van der Waals surface area contributed by atoms with Crippen LogP contribution in [0.2, 0.25) is 0 Å². The van der Waals surface area contributed by atoms with E-state index in [-0.39, 0.29) is 18.1 Å². The lowest BCUT2D eigenvalue weighted by molar-refractivity contribution is 0.0922. The number of aromatic nitrogens is 1. The van der Waals surface area contributed by atoms with Crippen LogP contribution in [0.15, 0.2) is 79.0 Å². The van der Waals surface area contributed by atoms with Gasteiger partial charge in [0, 0.05) is 35.8 Å². The molecule has 0 spiro atoms. The fraction of sp³-hybridized carbons (Fsp3) is 0.120. The minimum Gasteiger partial charge on any atom is -0.360 e. The lowest BCUT2D eigenvalue weighted by atomic mass is 10.1. The van der Waals surface area contributed by atoms with Crippen molar-refractivity contribution in [2.75, 3.05) is 6.54 Å². The maximum absolute atomic E-state index is 13.7. The zero-order valence-corrected chi connectivity index (χ0v) is 16.3. The summed E-state index contributed by atoms with van der Waals surface area (Å²) in [5.74, 6) is -0.300. The third kappa shape index (κ3) is 4.45. The van der Waals surface area contributed by atoms with Gasteiger partial charge in [-0.1, -0.05) is 42.5 Å². The van der Waals surface area contributed by atoms with E-state index in [1.54, 1.807) is 24.4 Å². The molecule has 1 aromatic heterocycles. The van der Waals surface area contributed by atoms with Gasteiger partial charge < -0.3 is 4.98 Å². The highest BCUT2D eigenvalue weighted by atomic mass is 19.1. The number of halogens is 1. The van der Waals surface area contributed by atoms with E-state index in [9.17, 15) is 9.18 Å². The Labute approximate surface area is 174 Å². The lowest BCUT2D eigenvalue weighted by Crippen LogP contribution is -2.29. The normalized spacial score (nSPS) is 11.0. The molecule has 1 heterocycles.